The molecule has 0 radical (unpaired) electrons. The van der Waals surface area contributed by atoms with Crippen molar-refractivity contribution in [1.82, 2.24) is 0 Å². The number of carbonyl (C=O) groups is 3. The lowest BCUT2D eigenvalue weighted by atomic mass is 10.1. The number of hydrogen-bond donors (Lipinski definition) is 0. The van der Waals surface area contributed by atoms with Gasteiger partial charge in [-0.25, -0.2) is 0 Å². The van der Waals surface area contributed by atoms with Gasteiger partial charge in [-0.15, -0.1) is 0 Å². The molecule has 0 aliphatic rings. The maximum atomic E-state index is 12.7. The van der Waals surface area contributed by atoms with Crippen LogP contribution < -0.4 is 0 Å². The minimum absolute atomic E-state index is 0.0898. The van der Waals surface area contributed by atoms with Gasteiger partial charge in [0.25, 0.3) is 0 Å². The van der Waals surface area contributed by atoms with Gasteiger partial charge in [-0.3, -0.25) is 14.4 Å². The molecule has 0 aromatic carbocycles. The highest BCUT2D eigenvalue weighted by Gasteiger charge is 2.19. The lowest BCUT2D eigenvalue weighted by Crippen LogP contribution is -2.30. The predicted octanol–water partition coefficient (Wildman–Crippen LogP) is 15.3. The van der Waals surface area contributed by atoms with E-state index in [0.717, 1.165) is 103 Å². The summed E-state index contributed by atoms with van der Waals surface area (Å²) < 4.78 is 16.7. The first-order valence-corrected chi connectivity index (χ1v) is 23.8. The lowest BCUT2D eigenvalue weighted by Gasteiger charge is -2.18. The maximum absolute atomic E-state index is 12.7. The fourth-order valence-electron chi connectivity index (χ4n) is 6.29. The Labute approximate surface area is 351 Å². The van der Waals surface area contributed by atoms with Crippen LogP contribution in [0.5, 0.6) is 0 Å². The summed E-state index contributed by atoms with van der Waals surface area (Å²) in [6, 6.07) is 0. The van der Waals surface area contributed by atoms with Gasteiger partial charge in [0.05, 0.1) is 0 Å². The Kier molecular flexibility index (Phi) is 43.5. The van der Waals surface area contributed by atoms with Crippen LogP contribution in [0.15, 0.2) is 60.8 Å². The molecule has 0 rings (SSSR count). The summed E-state index contributed by atoms with van der Waals surface area (Å²) in [4.78, 5) is 37.8. The largest absolute Gasteiger partial charge is 0.462 e. The van der Waals surface area contributed by atoms with Crippen molar-refractivity contribution in [3.8, 4) is 0 Å². The number of hydrogen-bond acceptors (Lipinski definition) is 6. The topological polar surface area (TPSA) is 78.9 Å². The summed E-state index contributed by atoms with van der Waals surface area (Å²) in [7, 11) is 0. The molecule has 0 amide bonds. The van der Waals surface area contributed by atoms with Gasteiger partial charge in [0.15, 0.2) is 6.10 Å². The normalized spacial score (nSPS) is 12.5. The molecule has 0 saturated carbocycles. The summed E-state index contributed by atoms with van der Waals surface area (Å²) in [6.45, 7) is 6.49. The van der Waals surface area contributed by atoms with Gasteiger partial charge < -0.3 is 14.2 Å². The average Bonchev–Trinajstić information content (AvgIpc) is 3.21. The van der Waals surface area contributed by atoms with Gasteiger partial charge in [-0.05, 0) is 96.3 Å². The molecule has 1 atom stereocenters. The molecule has 0 bridgehead atoms. The van der Waals surface area contributed by atoms with Crippen LogP contribution in [0.3, 0.4) is 0 Å². The fraction of sp³-hybridized carbons (Fsp3) is 0.745. The second-order valence-corrected chi connectivity index (χ2v) is 15.7. The zero-order valence-corrected chi connectivity index (χ0v) is 37.3. The molecule has 0 fully saturated rings. The highest BCUT2D eigenvalue weighted by Crippen LogP contribution is 2.13. The molecule has 0 unspecified atom stereocenters. The van der Waals surface area contributed by atoms with Crippen molar-refractivity contribution in [3.05, 3.63) is 60.8 Å². The Hall–Kier alpha value is -2.89. The Morgan fingerprint density at radius 3 is 1.05 bits per heavy atom. The number of rotatable bonds is 42. The third-order valence-electron chi connectivity index (χ3n) is 9.96. The molecule has 0 heterocycles. The van der Waals surface area contributed by atoms with Crippen molar-refractivity contribution in [2.75, 3.05) is 13.2 Å². The monoisotopic (exact) mass is 797 g/mol. The first-order valence-electron chi connectivity index (χ1n) is 23.8. The van der Waals surface area contributed by atoms with E-state index < -0.39 is 6.10 Å². The van der Waals surface area contributed by atoms with Crippen LogP contribution in [0.1, 0.15) is 226 Å². The SMILES string of the molecule is CCCC/C=C\CCCCCCCC(=O)OC[C@@H](COC(=O)CCCCCC/C=C\C/C=C\C/C=C\CCCCC)OC(=O)CCCCCCC/C=C\CCCC. The fourth-order valence-corrected chi connectivity index (χ4v) is 6.29. The molecule has 6 heteroatoms. The zero-order chi connectivity index (χ0) is 41.5. The maximum Gasteiger partial charge on any atom is 0.306 e. The predicted molar refractivity (Wildman–Crippen MR) is 242 cm³/mol. The summed E-state index contributed by atoms with van der Waals surface area (Å²) in [5.41, 5.74) is 0. The van der Waals surface area contributed by atoms with Crippen molar-refractivity contribution < 1.29 is 28.6 Å². The highest BCUT2D eigenvalue weighted by atomic mass is 16.6. The Balaban J connectivity index is 4.41. The van der Waals surface area contributed by atoms with Crippen LogP contribution >= 0.6 is 0 Å². The van der Waals surface area contributed by atoms with E-state index in [9.17, 15) is 14.4 Å². The molecule has 57 heavy (non-hydrogen) atoms. The van der Waals surface area contributed by atoms with Crippen molar-refractivity contribution in [3.63, 3.8) is 0 Å². The molecule has 0 aromatic rings. The van der Waals surface area contributed by atoms with E-state index in [1.54, 1.807) is 0 Å². The van der Waals surface area contributed by atoms with E-state index in [0.29, 0.717) is 19.3 Å². The third-order valence-corrected chi connectivity index (χ3v) is 9.96. The zero-order valence-electron chi connectivity index (χ0n) is 37.3. The minimum atomic E-state index is -0.788. The second-order valence-electron chi connectivity index (χ2n) is 15.7. The smallest absolute Gasteiger partial charge is 0.306 e. The Morgan fingerprint density at radius 1 is 0.351 bits per heavy atom. The number of carbonyl (C=O) groups excluding carboxylic acids is 3. The van der Waals surface area contributed by atoms with Crippen molar-refractivity contribution in [2.24, 2.45) is 0 Å². The molecule has 0 saturated heterocycles. The first-order chi connectivity index (χ1) is 28.0. The van der Waals surface area contributed by atoms with E-state index in [2.05, 4.69) is 81.5 Å². The second kappa shape index (κ2) is 45.8. The Morgan fingerprint density at radius 2 is 0.649 bits per heavy atom. The van der Waals surface area contributed by atoms with Gasteiger partial charge >= 0.3 is 17.9 Å². The van der Waals surface area contributed by atoms with E-state index in [1.165, 1.54) is 83.5 Å². The van der Waals surface area contributed by atoms with Crippen molar-refractivity contribution in [1.29, 1.82) is 0 Å². The van der Waals surface area contributed by atoms with Gasteiger partial charge in [0.2, 0.25) is 0 Å². The van der Waals surface area contributed by atoms with Crippen molar-refractivity contribution >= 4 is 17.9 Å². The van der Waals surface area contributed by atoms with E-state index in [-0.39, 0.29) is 31.1 Å². The van der Waals surface area contributed by atoms with Gasteiger partial charge in [0.1, 0.15) is 13.2 Å². The standard InChI is InChI=1S/C51H88O6/c1-4-7-10-13-16-19-22-23-24-25-26-27-30-32-35-38-41-44-50(53)56-47-48(57-51(54)45-42-39-36-33-29-21-18-15-12-9-6-3)46-55-49(52)43-40-37-34-31-28-20-17-14-11-8-5-2/h14-19,23-24,26-27,48H,4-13,20-22,25,28-47H2,1-3H3/b17-14-,18-15-,19-16-,24-23-,27-26-/t48-/m0/s1. The van der Waals surface area contributed by atoms with Gasteiger partial charge in [0, 0.05) is 19.3 Å². The molecule has 0 aliphatic heterocycles. The van der Waals surface area contributed by atoms with Gasteiger partial charge in [-0.1, -0.05) is 171 Å². The molecule has 0 spiro atoms. The lowest BCUT2D eigenvalue weighted by molar-refractivity contribution is -0.167. The molecule has 0 N–H and O–H groups in total. The molecule has 328 valence electrons. The highest BCUT2D eigenvalue weighted by molar-refractivity contribution is 5.71. The van der Waals surface area contributed by atoms with E-state index in [1.807, 2.05) is 0 Å². The Bertz CT molecular complexity index is 1050. The first kappa shape index (κ1) is 54.1. The number of ether oxygens (including phenoxy) is 3. The van der Waals surface area contributed by atoms with Gasteiger partial charge in [-0.2, -0.15) is 0 Å². The van der Waals surface area contributed by atoms with Crippen molar-refractivity contribution in [2.45, 2.75) is 232 Å². The minimum Gasteiger partial charge on any atom is -0.462 e. The quantitative estimate of drug-likeness (QED) is 0.0265. The van der Waals surface area contributed by atoms with Crippen LogP contribution in [-0.2, 0) is 28.6 Å². The summed E-state index contributed by atoms with van der Waals surface area (Å²) in [5, 5.41) is 0. The van der Waals surface area contributed by atoms with Crippen LogP contribution in [0.4, 0.5) is 0 Å². The molecule has 0 aliphatic carbocycles. The van der Waals surface area contributed by atoms with Crippen LogP contribution in [-0.4, -0.2) is 37.2 Å². The average molecular weight is 797 g/mol. The molecular formula is C51H88O6. The van der Waals surface area contributed by atoms with Crippen LogP contribution in [0.2, 0.25) is 0 Å². The van der Waals surface area contributed by atoms with E-state index in [4.69, 9.17) is 14.2 Å². The van der Waals surface area contributed by atoms with E-state index >= 15 is 0 Å². The number of allylic oxidation sites excluding steroid dienone is 10. The third kappa shape index (κ3) is 44.1. The van der Waals surface area contributed by atoms with Crippen LogP contribution in [0.25, 0.3) is 0 Å². The molecule has 6 nitrogen and oxygen atoms in total. The number of esters is 3. The molecular weight excluding hydrogens is 709 g/mol. The summed E-state index contributed by atoms with van der Waals surface area (Å²) in [5.74, 6) is -0.934. The van der Waals surface area contributed by atoms with Crippen LogP contribution in [0, 0.1) is 0 Å². The molecule has 0 aromatic heterocycles. The summed E-state index contributed by atoms with van der Waals surface area (Å²) in [6.07, 6.45) is 54.8. The summed E-state index contributed by atoms with van der Waals surface area (Å²) >= 11 is 0. The number of unbranched alkanes of at least 4 members (excludes halogenated alkanes) is 21.